The Morgan fingerprint density at radius 2 is 1.94 bits per heavy atom. The van der Waals surface area contributed by atoms with Crippen LogP contribution in [0.4, 0.5) is 0 Å². The Kier molecular flexibility index (Phi) is 4.19. The Bertz CT molecular complexity index is 343. The van der Waals surface area contributed by atoms with E-state index in [0.717, 1.165) is 5.92 Å². The van der Waals surface area contributed by atoms with Gasteiger partial charge in [-0.1, -0.05) is 33.3 Å². The molecule has 2 rings (SSSR count). The molecule has 18 heavy (non-hydrogen) atoms. The first kappa shape index (κ1) is 13.7. The van der Waals surface area contributed by atoms with Crippen LogP contribution in [0.15, 0.2) is 23.4 Å². The van der Waals surface area contributed by atoms with Crippen LogP contribution < -0.4 is 0 Å². The Morgan fingerprint density at radius 1 is 1.28 bits per heavy atom. The lowest BCUT2D eigenvalue weighted by molar-refractivity contribution is 0.303. The molecule has 1 heteroatoms. The summed E-state index contributed by atoms with van der Waals surface area (Å²) in [4.78, 5) is 2.48. The van der Waals surface area contributed by atoms with Crippen molar-refractivity contribution < 1.29 is 0 Å². The lowest BCUT2D eigenvalue weighted by Crippen LogP contribution is -2.25. The number of likely N-dealkylation sites (tertiary alicyclic amines) is 1. The van der Waals surface area contributed by atoms with Gasteiger partial charge in [0.15, 0.2) is 0 Å². The van der Waals surface area contributed by atoms with E-state index in [4.69, 9.17) is 0 Å². The first-order valence-electron chi connectivity index (χ1n) is 7.67. The first-order valence-corrected chi connectivity index (χ1v) is 7.67. The van der Waals surface area contributed by atoms with Crippen LogP contribution in [-0.4, -0.2) is 18.0 Å². The average molecular weight is 247 g/mol. The highest BCUT2D eigenvalue weighted by atomic mass is 15.1. The number of rotatable bonds is 3. The fourth-order valence-electron chi connectivity index (χ4n) is 3.81. The molecule has 1 fully saturated rings. The van der Waals surface area contributed by atoms with Gasteiger partial charge in [-0.2, -0.15) is 0 Å². The lowest BCUT2D eigenvalue weighted by atomic mass is 9.68. The first-order chi connectivity index (χ1) is 8.53. The summed E-state index contributed by atoms with van der Waals surface area (Å²) in [5, 5.41) is 0. The van der Waals surface area contributed by atoms with E-state index < -0.39 is 0 Å². The molecule has 0 amide bonds. The third-order valence-corrected chi connectivity index (χ3v) is 4.58. The van der Waals surface area contributed by atoms with E-state index in [1.807, 2.05) is 0 Å². The topological polar surface area (TPSA) is 3.24 Å². The van der Waals surface area contributed by atoms with Gasteiger partial charge in [0.2, 0.25) is 0 Å². The highest BCUT2D eigenvalue weighted by molar-refractivity contribution is 5.34. The molecular formula is C17H29N. The Balaban J connectivity index is 2.19. The summed E-state index contributed by atoms with van der Waals surface area (Å²) in [5.41, 5.74) is 3.67. The fraction of sp³-hybridized carbons (Fsp3) is 0.765. The molecule has 102 valence electrons. The minimum Gasteiger partial charge on any atom is -0.377 e. The van der Waals surface area contributed by atoms with Crippen molar-refractivity contribution in [2.45, 2.75) is 59.8 Å². The standard InChI is InChI=1S/C17H29N/c1-5-15-12-14(2)13-17(3,4)16(15)8-11-18-9-6-7-10-18/h8,11,14H,5-7,9-10,12-13H2,1-4H3. The summed E-state index contributed by atoms with van der Waals surface area (Å²) in [7, 11) is 0. The molecule has 0 aromatic rings. The molecule has 0 N–H and O–H groups in total. The van der Waals surface area contributed by atoms with Gasteiger partial charge in [0.25, 0.3) is 0 Å². The SMILES string of the molecule is CCC1=C(C=CN2CCCC2)C(C)(C)CC(C)C1. The molecule has 0 radical (unpaired) electrons. The van der Waals surface area contributed by atoms with Crippen molar-refractivity contribution in [3.05, 3.63) is 23.4 Å². The van der Waals surface area contributed by atoms with E-state index in [-0.39, 0.29) is 0 Å². The molecule has 1 nitrogen and oxygen atoms in total. The van der Waals surface area contributed by atoms with Gasteiger partial charge in [-0.25, -0.2) is 0 Å². The van der Waals surface area contributed by atoms with E-state index in [1.165, 1.54) is 45.2 Å². The van der Waals surface area contributed by atoms with E-state index in [1.54, 1.807) is 11.1 Å². The molecule has 0 saturated carbocycles. The van der Waals surface area contributed by atoms with Gasteiger partial charge < -0.3 is 4.90 Å². The average Bonchev–Trinajstić information content (AvgIpc) is 2.78. The third kappa shape index (κ3) is 2.99. The lowest BCUT2D eigenvalue weighted by Gasteiger charge is -2.37. The normalized spacial score (nSPS) is 28.4. The molecule has 1 heterocycles. The highest BCUT2D eigenvalue weighted by Crippen LogP contribution is 2.44. The maximum atomic E-state index is 2.48. The summed E-state index contributed by atoms with van der Waals surface area (Å²) >= 11 is 0. The minimum atomic E-state index is 0.360. The predicted octanol–water partition coefficient (Wildman–Crippen LogP) is 4.76. The van der Waals surface area contributed by atoms with Gasteiger partial charge in [-0.05, 0) is 61.3 Å². The maximum Gasteiger partial charge on any atom is 0.0173 e. The van der Waals surface area contributed by atoms with E-state index in [0.29, 0.717) is 5.41 Å². The van der Waals surface area contributed by atoms with Crippen molar-refractivity contribution in [3.8, 4) is 0 Å². The van der Waals surface area contributed by atoms with Crippen molar-refractivity contribution in [1.82, 2.24) is 4.90 Å². The van der Waals surface area contributed by atoms with Gasteiger partial charge in [0.1, 0.15) is 0 Å². The van der Waals surface area contributed by atoms with Crippen LogP contribution >= 0.6 is 0 Å². The van der Waals surface area contributed by atoms with Crippen molar-refractivity contribution in [2.75, 3.05) is 13.1 Å². The third-order valence-electron chi connectivity index (χ3n) is 4.58. The minimum absolute atomic E-state index is 0.360. The molecule has 0 spiro atoms. The number of allylic oxidation sites excluding steroid dienone is 3. The summed E-state index contributed by atoms with van der Waals surface area (Å²) in [6, 6.07) is 0. The largest absolute Gasteiger partial charge is 0.377 e. The molecule has 1 aliphatic carbocycles. The molecule has 0 aromatic carbocycles. The fourth-order valence-corrected chi connectivity index (χ4v) is 3.81. The van der Waals surface area contributed by atoms with Crippen molar-refractivity contribution in [1.29, 1.82) is 0 Å². The van der Waals surface area contributed by atoms with Crippen LogP contribution in [0.5, 0.6) is 0 Å². The van der Waals surface area contributed by atoms with Crippen LogP contribution in [0.3, 0.4) is 0 Å². The molecule has 1 saturated heterocycles. The van der Waals surface area contributed by atoms with Gasteiger partial charge in [0.05, 0.1) is 0 Å². The van der Waals surface area contributed by atoms with Crippen molar-refractivity contribution in [2.24, 2.45) is 11.3 Å². The second-order valence-corrected chi connectivity index (χ2v) is 6.83. The zero-order valence-electron chi connectivity index (χ0n) is 12.6. The maximum absolute atomic E-state index is 2.48. The van der Waals surface area contributed by atoms with Gasteiger partial charge in [-0.3, -0.25) is 0 Å². The van der Waals surface area contributed by atoms with Gasteiger partial charge in [0, 0.05) is 13.1 Å². The highest BCUT2D eigenvalue weighted by Gasteiger charge is 2.31. The molecule has 1 aliphatic heterocycles. The second kappa shape index (κ2) is 5.50. The van der Waals surface area contributed by atoms with Crippen LogP contribution in [0.25, 0.3) is 0 Å². The van der Waals surface area contributed by atoms with E-state index >= 15 is 0 Å². The van der Waals surface area contributed by atoms with Crippen LogP contribution in [-0.2, 0) is 0 Å². The van der Waals surface area contributed by atoms with E-state index in [9.17, 15) is 0 Å². The Hall–Kier alpha value is -0.720. The predicted molar refractivity (Wildman–Crippen MR) is 79.4 cm³/mol. The molecule has 2 aliphatic rings. The molecule has 1 atom stereocenters. The summed E-state index contributed by atoms with van der Waals surface area (Å²) < 4.78 is 0. The molecule has 0 bridgehead atoms. The number of nitrogens with zero attached hydrogens (tertiary/aromatic N) is 1. The summed E-state index contributed by atoms with van der Waals surface area (Å²) in [6.07, 6.45) is 11.4. The van der Waals surface area contributed by atoms with Crippen molar-refractivity contribution in [3.63, 3.8) is 0 Å². The van der Waals surface area contributed by atoms with Crippen LogP contribution in [0.2, 0.25) is 0 Å². The Morgan fingerprint density at radius 3 is 2.56 bits per heavy atom. The zero-order chi connectivity index (χ0) is 13.2. The summed E-state index contributed by atoms with van der Waals surface area (Å²) in [6.45, 7) is 12.1. The zero-order valence-corrected chi connectivity index (χ0v) is 12.6. The number of hydrogen-bond donors (Lipinski definition) is 0. The monoisotopic (exact) mass is 247 g/mol. The van der Waals surface area contributed by atoms with Crippen LogP contribution in [0.1, 0.15) is 59.8 Å². The molecule has 1 unspecified atom stereocenters. The van der Waals surface area contributed by atoms with E-state index in [2.05, 4.69) is 44.9 Å². The second-order valence-electron chi connectivity index (χ2n) is 6.83. The van der Waals surface area contributed by atoms with Crippen LogP contribution in [0, 0.1) is 11.3 Å². The Labute approximate surface area is 113 Å². The summed E-state index contributed by atoms with van der Waals surface area (Å²) in [5.74, 6) is 0.846. The quantitative estimate of drug-likeness (QED) is 0.695. The molecule has 0 aromatic heterocycles. The number of hydrogen-bond acceptors (Lipinski definition) is 1. The molecular weight excluding hydrogens is 218 g/mol. The smallest absolute Gasteiger partial charge is 0.0173 e. The van der Waals surface area contributed by atoms with Gasteiger partial charge >= 0.3 is 0 Å². The van der Waals surface area contributed by atoms with Crippen molar-refractivity contribution >= 4 is 0 Å². The van der Waals surface area contributed by atoms with Gasteiger partial charge in [-0.15, -0.1) is 0 Å².